The molecule has 4 N–H and O–H groups in total. The summed E-state index contributed by atoms with van der Waals surface area (Å²) >= 11 is 0. The van der Waals surface area contributed by atoms with Gasteiger partial charge in [0.05, 0.1) is 4.90 Å². The lowest BCUT2D eigenvalue weighted by atomic mass is 10.4. The van der Waals surface area contributed by atoms with Crippen LogP contribution in [-0.4, -0.2) is 29.7 Å². The van der Waals surface area contributed by atoms with Crippen LogP contribution in [0.1, 0.15) is 10.5 Å². The second-order valence-electron chi connectivity index (χ2n) is 3.30. The lowest BCUT2D eigenvalue weighted by Gasteiger charge is -2.05. The minimum atomic E-state index is -3.82. The molecule has 0 bridgehead atoms. The van der Waals surface area contributed by atoms with Gasteiger partial charge in [0.25, 0.3) is 15.9 Å². The van der Waals surface area contributed by atoms with Gasteiger partial charge in [-0.2, -0.15) is 5.21 Å². The van der Waals surface area contributed by atoms with Crippen LogP contribution in [-0.2, 0) is 10.0 Å². The lowest BCUT2D eigenvalue weighted by molar-refractivity contribution is 0.0996. The van der Waals surface area contributed by atoms with Gasteiger partial charge in [-0.25, -0.2) is 8.42 Å². The SMILES string of the molecule is NC(=O)c1n[nH]nc1NS(=O)(=O)c1ccccc1. The summed E-state index contributed by atoms with van der Waals surface area (Å²) in [5, 5.41) is 9.10. The molecule has 0 radical (unpaired) electrons. The van der Waals surface area contributed by atoms with E-state index < -0.39 is 15.9 Å². The van der Waals surface area contributed by atoms with Crippen LogP contribution in [0.4, 0.5) is 5.82 Å². The van der Waals surface area contributed by atoms with Gasteiger partial charge in [0.15, 0.2) is 11.5 Å². The van der Waals surface area contributed by atoms with E-state index in [1.54, 1.807) is 18.2 Å². The number of nitrogens with two attached hydrogens (primary N) is 1. The Morgan fingerprint density at radius 3 is 2.50 bits per heavy atom. The lowest BCUT2D eigenvalue weighted by Crippen LogP contribution is -2.18. The molecular weight excluding hydrogens is 258 g/mol. The molecule has 0 atom stereocenters. The Balaban J connectivity index is 2.34. The summed E-state index contributed by atoms with van der Waals surface area (Å²) in [7, 11) is -3.82. The van der Waals surface area contributed by atoms with Crippen LogP contribution in [0.25, 0.3) is 0 Å². The van der Waals surface area contributed by atoms with Crippen molar-refractivity contribution in [3.63, 3.8) is 0 Å². The smallest absolute Gasteiger partial charge is 0.273 e. The van der Waals surface area contributed by atoms with E-state index in [0.717, 1.165) is 0 Å². The van der Waals surface area contributed by atoms with Crippen LogP contribution >= 0.6 is 0 Å². The second kappa shape index (κ2) is 4.45. The summed E-state index contributed by atoms with van der Waals surface area (Å²) in [6.07, 6.45) is 0. The molecule has 0 fully saturated rings. The van der Waals surface area contributed by atoms with Gasteiger partial charge in [-0.05, 0) is 12.1 Å². The van der Waals surface area contributed by atoms with Crippen molar-refractivity contribution in [1.82, 2.24) is 15.4 Å². The number of H-pyrrole nitrogens is 1. The second-order valence-corrected chi connectivity index (χ2v) is 4.99. The maximum Gasteiger partial charge on any atom is 0.273 e. The molecule has 0 spiro atoms. The van der Waals surface area contributed by atoms with E-state index in [2.05, 4.69) is 20.1 Å². The third-order valence-electron chi connectivity index (χ3n) is 2.07. The predicted molar refractivity (Wildman–Crippen MR) is 62.2 cm³/mol. The van der Waals surface area contributed by atoms with Crippen molar-refractivity contribution in [3.05, 3.63) is 36.0 Å². The van der Waals surface area contributed by atoms with E-state index in [1.165, 1.54) is 12.1 Å². The molecule has 9 heteroatoms. The number of carbonyl (C=O) groups excluding carboxylic acids is 1. The van der Waals surface area contributed by atoms with Crippen LogP contribution in [0.15, 0.2) is 35.2 Å². The number of benzene rings is 1. The first-order chi connectivity index (χ1) is 8.50. The van der Waals surface area contributed by atoms with Crippen molar-refractivity contribution >= 4 is 21.7 Å². The molecule has 1 amide bonds. The number of nitrogens with one attached hydrogen (secondary N) is 2. The molecule has 8 nitrogen and oxygen atoms in total. The minimum Gasteiger partial charge on any atom is -0.364 e. The van der Waals surface area contributed by atoms with Gasteiger partial charge >= 0.3 is 0 Å². The van der Waals surface area contributed by atoms with Gasteiger partial charge in [0, 0.05) is 0 Å². The summed E-state index contributed by atoms with van der Waals surface area (Å²) < 4.78 is 26.0. The molecule has 1 heterocycles. The van der Waals surface area contributed by atoms with E-state index >= 15 is 0 Å². The van der Waals surface area contributed by atoms with Crippen molar-refractivity contribution in [2.45, 2.75) is 4.90 Å². The Morgan fingerprint density at radius 2 is 1.89 bits per heavy atom. The molecule has 2 aromatic rings. The van der Waals surface area contributed by atoms with Crippen molar-refractivity contribution in [2.75, 3.05) is 4.72 Å². The molecule has 0 saturated heterocycles. The number of anilines is 1. The van der Waals surface area contributed by atoms with Crippen LogP contribution in [0.2, 0.25) is 0 Å². The zero-order chi connectivity index (χ0) is 13.2. The summed E-state index contributed by atoms with van der Waals surface area (Å²) in [5.74, 6) is -1.11. The Bertz CT molecular complexity index is 665. The molecule has 0 aliphatic rings. The van der Waals surface area contributed by atoms with Gasteiger partial charge in [-0.15, -0.1) is 10.2 Å². The first kappa shape index (κ1) is 12.0. The van der Waals surface area contributed by atoms with E-state index in [4.69, 9.17) is 5.73 Å². The Kier molecular flexibility index (Phi) is 2.98. The maximum absolute atomic E-state index is 11.9. The quantitative estimate of drug-likeness (QED) is 0.700. The number of aromatic nitrogens is 3. The van der Waals surface area contributed by atoms with Gasteiger partial charge < -0.3 is 5.73 Å². The number of carbonyl (C=O) groups is 1. The number of rotatable bonds is 4. The predicted octanol–water partition coefficient (Wildman–Crippen LogP) is -0.296. The van der Waals surface area contributed by atoms with E-state index in [-0.39, 0.29) is 16.4 Å². The summed E-state index contributed by atoms with van der Waals surface area (Å²) in [4.78, 5) is 11.0. The monoisotopic (exact) mass is 267 g/mol. The normalized spacial score (nSPS) is 11.1. The fourth-order valence-electron chi connectivity index (χ4n) is 1.26. The number of primary amides is 1. The van der Waals surface area contributed by atoms with E-state index in [1.807, 2.05) is 0 Å². The third-order valence-corrected chi connectivity index (χ3v) is 3.42. The molecule has 0 unspecified atom stereocenters. The highest BCUT2D eigenvalue weighted by Crippen LogP contribution is 2.15. The molecule has 0 aliphatic carbocycles. The van der Waals surface area contributed by atoms with Gasteiger partial charge in [0.2, 0.25) is 0 Å². The van der Waals surface area contributed by atoms with E-state index in [9.17, 15) is 13.2 Å². The number of aromatic amines is 1. The minimum absolute atomic E-state index is 0.0448. The summed E-state index contributed by atoms with van der Waals surface area (Å²) in [6.45, 7) is 0. The largest absolute Gasteiger partial charge is 0.364 e. The van der Waals surface area contributed by atoms with Crippen LogP contribution in [0.3, 0.4) is 0 Å². The topological polar surface area (TPSA) is 131 Å². The number of hydrogen-bond donors (Lipinski definition) is 3. The number of amides is 1. The summed E-state index contributed by atoms with van der Waals surface area (Å²) in [5.41, 5.74) is 4.75. The summed E-state index contributed by atoms with van der Waals surface area (Å²) in [6, 6.07) is 7.65. The van der Waals surface area contributed by atoms with Crippen LogP contribution in [0.5, 0.6) is 0 Å². The zero-order valence-corrected chi connectivity index (χ0v) is 9.81. The van der Waals surface area contributed by atoms with Crippen molar-refractivity contribution in [3.8, 4) is 0 Å². The Morgan fingerprint density at radius 1 is 1.22 bits per heavy atom. The number of hydrogen-bond acceptors (Lipinski definition) is 5. The van der Waals surface area contributed by atoms with Crippen molar-refractivity contribution < 1.29 is 13.2 Å². The first-order valence-electron chi connectivity index (χ1n) is 4.79. The van der Waals surface area contributed by atoms with Crippen LogP contribution in [0, 0.1) is 0 Å². The standard InChI is InChI=1S/C9H9N5O3S/c10-8(15)7-9(12-14-11-7)13-18(16,17)6-4-2-1-3-5-6/h1-5H,(H2,10,15)(H2,11,12,13,14). The fourth-order valence-corrected chi connectivity index (χ4v) is 2.29. The highest BCUT2D eigenvalue weighted by Gasteiger charge is 2.20. The third kappa shape index (κ3) is 2.30. The molecule has 94 valence electrons. The highest BCUT2D eigenvalue weighted by molar-refractivity contribution is 7.92. The Labute approximate surface area is 102 Å². The van der Waals surface area contributed by atoms with Crippen molar-refractivity contribution in [2.24, 2.45) is 5.73 Å². The zero-order valence-electron chi connectivity index (χ0n) is 8.99. The molecule has 2 rings (SSSR count). The number of nitrogens with zero attached hydrogens (tertiary/aromatic N) is 2. The van der Waals surface area contributed by atoms with E-state index in [0.29, 0.717) is 0 Å². The molecule has 18 heavy (non-hydrogen) atoms. The average molecular weight is 267 g/mol. The average Bonchev–Trinajstić information content (AvgIpc) is 2.78. The number of sulfonamides is 1. The molecule has 1 aromatic carbocycles. The molecule has 0 aliphatic heterocycles. The fraction of sp³-hybridized carbons (Fsp3) is 0. The van der Waals surface area contributed by atoms with Gasteiger partial charge in [-0.3, -0.25) is 9.52 Å². The first-order valence-corrected chi connectivity index (χ1v) is 6.27. The van der Waals surface area contributed by atoms with Crippen molar-refractivity contribution in [1.29, 1.82) is 0 Å². The molecule has 0 saturated carbocycles. The van der Waals surface area contributed by atoms with Crippen LogP contribution < -0.4 is 10.5 Å². The molecule has 1 aromatic heterocycles. The maximum atomic E-state index is 11.9. The van der Waals surface area contributed by atoms with Gasteiger partial charge in [0.1, 0.15) is 0 Å². The highest BCUT2D eigenvalue weighted by atomic mass is 32.2. The molecular formula is C9H9N5O3S. The Hall–Kier alpha value is -2.42. The van der Waals surface area contributed by atoms with Gasteiger partial charge in [-0.1, -0.05) is 18.2 Å².